The second-order valence-electron chi connectivity index (χ2n) is 1.78. The quantitative estimate of drug-likeness (QED) is 0.344. The zero-order chi connectivity index (χ0) is 8.69. The molecule has 0 spiro atoms. The molecule has 0 aliphatic carbocycles. The maximum Gasteiger partial charge on any atom is 0.317 e. The molecule has 4 N–H and O–H groups in total. The van der Waals surface area contributed by atoms with Gasteiger partial charge in [0.1, 0.15) is 13.0 Å². The van der Waals surface area contributed by atoms with E-state index in [-0.39, 0.29) is 19.4 Å². The zero-order valence-electron chi connectivity index (χ0n) is 6.91. The Morgan fingerprint density at radius 1 is 1.33 bits per heavy atom. The number of ether oxygens (including phenoxy) is 2. The maximum absolute atomic E-state index is 10.5. The summed E-state index contributed by atoms with van der Waals surface area (Å²) in [6, 6.07) is 0. The largest absolute Gasteiger partial charge is 0.481 e. The average molecular weight is 179 g/mol. The van der Waals surface area contributed by atoms with Crippen LogP contribution in [0.25, 0.3) is 0 Å². The van der Waals surface area contributed by atoms with Crippen LogP contribution in [-0.2, 0) is 19.1 Å². The smallest absolute Gasteiger partial charge is 0.317 e. The highest BCUT2D eigenvalue weighted by atomic mass is 16.6. The molecule has 0 aliphatic rings. The van der Waals surface area contributed by atoms with E-state index in [9.17, 15) is 9.59 Å². The molecule has 0 aromatic carbocycles. The van der Waals surface area contributed by atoms with Crippen LogP contribution < -0.4 is 6.15 Å². The summed E-state index contributed by atoms with van der Waals surface area (Å²) < 4.78 is 9.02. The Balaban J connectivity index is 0. The van der Waals surface area contributed by atoms with Crippen LogP contribution >= 0.6 is 0 Å². The van der Waals surface area contributed by atoms with Crippen LogP contribution in [0.4, 0.5) is 0 Å². The first kappa shape index (κ1) is 13.4. The molecule has 6 heteroatoms. The van der Waals surface area contributed by atoms with Gasteiger partial charge in [-0.1, -0.05) is 0 Å². The summed E-state index contributed by atoms with van der Waals surface area (Å²) in [7, 11) is 1.46. The van der Waals surface area contributed by atoms with Gasteiger partial charge in [0, 0.05) is 7.11 Å². The molecule has 6 nitrogen and oxygen atoms in total. The number of esters is 1. The molecule has 0 bridgehead atoms. The van der Waals surface area contributed by atoms with E-state index in [1.807, 2.05) is 0 Å². The Labute approximate surface area is 70.0 Å². The van der Waals surface area contributed by atoms with Crippen LogP contribution in [-0.4, -0.2) is 37.4 Å². The summed E-state index contributed by atoms with van der Waals surface area (Å²) >= 11 is 0. The van der Waals surface area contributed by atoms with Gasteiger partial charge in [0.15, 0.2) is 0 Å². The summed E-state index contributed by atoms with van der Waals surface area (Å²) in [6.07, 6.45) is -0.594. The van der Waals surface area contributed by atoms with E-state index in [1.54, 1.807) is 0 Å². The van der Waals surface area contributed by atoms with E-state index in [0.717, 1.165) is 0 Å². The van der Waals surface area contributed by atoms with Crippen molar-refractivity contribution < 1.29 is 24.2 Å². The second-order valence-corrected chi connectivity index (χ2v) is 1.78. The van der Waals surface area contributed by atoms with Gasteiger partial charge in [-0.15, -0.1) is 0 Å². The molecule has 12 heavy (non-hydrogen) atoms. The summed E-state index contributed by atoms with van der Waals surface area (Å²) in [6.45, 7) is 0.383. The highest BCUT2D eigenvalue weighted by Crippen LogP contribution is 1.85. The van der Waals surface area contributed by atoms with E-state index >= 15 is 0 Å². The minimum absolute atomic E-state index is 0. The summed E-state index contributed by atoms with van der Waals surface area (Å²) in [5.74, 6) is -1.93. The Morgan fingerprint density at radius 2 is 1.92 bits per heavy atom. The number of rotatable bonds is 5. The van der Waals surface area contributed by atoms with Gasteiger partial charge in [-0.05, 0) is 0 Å². The first-order chi connectivity index (χ1) is 5.16. The number of aliphatic carboxylic acids is 1. The third-order valence-corrected chi connectivity index (χ3v) is 0.846. The molecule has 0 radical (unpaired) electrons. The monoisotopic (exact) mass is 179 g/mol. The summed E-state index contributed by atoms with van der Waals surface area (Å²) in [5.41, 5.74) is 0. The highest BCUT2D eigenvalue weighted by Gasteiger charge is 2.07. The van der Waals surface area contributed by atoms with E-state index in [1.165, 1.54) is 7.11 Å². The first-order valence-electron chi connectivity index (χ1n) is 3.03. The minimum atomic E-state index is -1.19. The number of carbonyl (C=O) groups excluding carboxylic acids is 1. The molecular formula is C6H13NO5. The van der Waals surface area contributed by atoms with Crippen molar-refractivity contribution in [2.45, 2.75) is 6.42 Å². The van der Waals surface area contributed by atoms with Gasteiger partial charge in [-0.3, -0.25) is 9.59 Å². The van der Waals surface area contributed by atoms with E-state index in [2.05, 4.69) is 9.47 Å². The third-order valence-electron chi connectivity index (χ3n) is 0.846. The van der Waals surface area contributed by atoms with E-state index < -0.39 is 18.4 Å². The zero-order valence-corrected chi connectivity index (χ0v) is 6.91. The fraction of sp³-hybridized carbons (Fsp3) is 0.667. The van der Waals surface area contributed by atoms with Crippen LogP contribution in [0.2, 0.25) is 0 Å². The lowest BCUT2D eigenvalue weighted by Crippen LogP contribution is -2.13. The van der Waals surface area contributed by atoms with Crippen LogP contribution in [0.3, 0.4) is 0 Å². The van der Waals surface area contributed by atoms with Crippen molar-refractivity contribution in [3.63, 3.8) is 0 Å². The summed E-state index contributed by atoms with van der Waals surface area (Å²) in [5, 5.41) is 8.11. The molecular weight excluding hydrogens is 166 g/mol. The number of carboxylic acid groups (broad SMARTS) is 1. The van der Waals surface area contributed by atoms with Crippen molar-refractivity contribution in [1.82, 2.24) is 6.15 Å². The fourth-order valence-corrected chi connectivity index (χ4v) is 0.413. The molecule has 0 heterocycles. The second kappa shape index (κ2) is 7.96. The number of hydrogen-bond acceptors (Lipinski definition) is 5. The van der Waals surface area contributed by atoms with Crippen molar-refractivity contribution in [2.24, 2.45) is 0 Å². The molecule has 0 aromatic rings. The molecule has 0 saturated carbocycles. The first-order valence-corrected chi connectivity index (χ1v) is 3.03. The van der Waals surface area contributed by atoms with Crippen LogP contribution in [0.5, 0.6) is 0 Å². The van der Waals surface area contributed by atoms with Crippen LogP contribution in [0.15, 0.2) is 0 Å². The molecule has 0 amide bonds. The van der Waals surface area contributed by atoms with Gasteiger partial charge < -0.3 is 20.7 Å². The van der Waals surface area contributed by atoms with Gasteiger partial charge in [-0.25, -0.2) is 0 Å². The lowest BCUT2D eigenvalue weighted by molar-refractivity contribution is -0.152. The van der Waals surface area contributed by atoms with E-state index in [4.69, 9.17) is 5.11 Å². The number of methoxy groups -OCH3 is 1. The summed E-state index contributed by atoms with van der Waals surface area (Å²) in [4.78, 5) is 20.4. The van der Waals surface area contributed by atoms with Crippen molar-refractivity contribution in [3.8, 4) is 0 Å². The molecule has 0 rings (SSSR count). The highest BCUT2D eigenvalue weighted by molar-refractivity contribution is 5.90. The van der Waals surface area contributed by atoms with Crippen molar-refractivity contribution in [3.05, 3.63) is 0 Å². The standard InChI is InChI=1S/C6H10O5.H3N/c1-10-2-3-11-6(9)4-5(7)8;/h2-4H2,1H3,(H,7,8);1H3. The fourth-order valence-electron chi connectivity index (χ4n) is 0.413. The predicted octanol–water partition coefficient (Wildman–Crippen LogP) is -0.187. The van der Waals surface area contributed by atoms with Gasteiger partial charge in [0.05, 0.1) is 6.61 Å². The Hall–Kier alpha value is -1.14. The molecule has 0 atom stereocenters. The predicted molar refractivity (Wildman–Crippen MR) is 40.1 cm³/mol. The lowest BCUT2D eigenvalue weighted by atomic mass is 10.4. The normalized spacial score (nSPS) is 8.42. The number of carbonyl (C=O) groups is 2. The Kier molecular flexibility index (Phi) is 8.92. The van der Waals surface area contributed by atoms with Gasteiger partial charge in [0.25, 0.3) is 0 Å². The number of hydrogen-bond donors (Lipinski definition) is 2. The van der Waals surface area contributed by atoms with Crippen molar-refractivity contribution in [2.75, 3.05) is 20.3 Å². The molecule has 0 saturated heterocycles. The Morgan fingerprint density at radius 3 is 2.33 bits per heavy atom. The number of carboxylic acids is 1. The topological polar surface area (TPSA) is 108 Å². The Bertz CT molecular complexity index is 147. The van der Waals surface area contributed by atoms with Gasteiger partial charge >= 0.3 is 11.9 Å². The van der Waals surface area contributed by atoms with Gasteiger partial charge in [0.2, 0.25) is 0 Å². The van der Waals surface area contributed by atoms with Crippen molar-refractivity contribution in [1.29, 1.82) is 0 Å². The van der Waals surface area contributed by atoms with Crippen LogP contribution in [0.1, 0.15) is 6.42 Å². The molecule has 72 valence electrons. The van der Waals surface area contributed by atoms with E-state index in [0.29, 0.717) is 0 Å². The maximum atomic E-state index is 10.5. The lowest BCUT2D eigenvalue weighted by Gasteiger charge is -2.00. The molecule has 0 unspecified atom stereocenters. The minimum Gasteiger partial charge on any atom is -0.481 e. The van der Waals surface area contributed by atoms with Crippen LogP contribution in [0, 0.1) is 0 Å². The van der Waals surface area contributed by atoms with Gasteiger partial charge in [-0.2, -0.15) is 0 Å². The molecule has 0 aromatic heterocycles. The SMILES string of the molecule is COCCOC(=O)CC(=O)O.N. The van der Waals surface area contributed by atoms with Crippen molar-refractivity contribution >= 4 is 11.9 Å². The average Bonchev–Trinajstić information content (AvgIpc) is 1.86. The molecule has 0 fully saturated rings. The third kappa shape index (κ3) is 8.86. The molecule has 0 aliphatic heterocycles.